The van der Waals surface area contributed by atoms with Crippen LogP contribution in [0.3, 0.4) is 0 Å². The summed E-state index contributed by atoms with van der Waals surface area (Å²) < 4.78 is 13.5. The van der Waals surface area contributed by atoms with Crippen LogP contribution in [0.1, 0.15) is 15.9 Å². The Bertz CT molecular complexity index is 675. The molecule has 0 radical (unpaired) electrons. The van der Waals surface area contributed by atoms with Crippen LogP contribution in [-0.2, 0) is 0 Å². The number of aromatic hydroxyl groups is 2. The van der Waals surface area contributed by atoms with E-state index in [0.717, 1.165) is 12.1 Å². The summed E-state index contributed by atoms with van der Waals surface area (Å²) in [6.07, 6.45) is 2.35. The highest BCUT2D eigenvalue weighted by atomic mass is 35.5. The molecule has 3 nitrogen and oxygen atoms in total. The molecule has 2 aromatic carbocycles. The molecule has 0 fully saturated rings. The van der Waals surface area contributed by atoms with Gasteiger partial charge in [0.05, 0.1) is 10.6 Å². The van der Waals surface area contributed by atoms with E-state index in [2.05, 4.69) is 0 Å². The fourth-order valence-corrected chi connectivity index (χ4v) is 1.87. The Kier molecular flexibility index (Phi) is 4.05. The maximum Gasteiger partial charge on any atom is 0.189 e. The van der Waals surface area contributed by atoms with E-state index in [1.165, 1.54) is 36.4 Å². The standard InChI is InChI=1S/C15H10ClFO3/c16-12-2-1-3-13(17)10(12)6-7-14(19)11-5-4-9(18)8-15(11)20/h1-8,18,20H/b7-6+. The first-order valence-corrected chi connectivity index (χ1v) is 6.05. The number of carbonyl (C=O) groups is 1. The van der Waals surface area contributed by atoms with Gasteiger partial charge in [-0.1, -0.05) is 17.7 Å². The molecule has 0 atom stereocenters. The predicted octanol–water partition coefficient (Wildman–Crippen LogP) is 3.79. The molecule has 2 aromatic rings. The van der Waals surface area contributed by atoms with Gasteiger partial charge in [-0.2, -0.15) is 0 Å². The lowest BCUT2D eigenvalue weighted by molar-refractivity contribution is 0.104. The summed E-state index contributed by atoms with van der Waals surface area (Å²) in [5.41, 5.74) is 0.104. The van der Waals surface area contributed by atoms with Crippen molar-refractivity contribution in [2.45, 2.75) is 0 Å². The second-order valence-electron chi connectivity index (χ2n) is 4.03. The van der Waals surface area contributed by atoms with Crippen LogP contribution in [0.15, 0.2) is 42.5 Å². The Morgan fingerprint density at radius 1 is 1.20 bits per heavy atom. The molecular weight excluding hydrogens is 283 g/mol. The lowest BCUT2D eigenvalue weighted by atomic mass is 10.1. The van der Waals surface area contributed by atoms with Crippen LogP contribution >= 0.6 is 11.6 Å². The van der Waals surface area contributed by atoms with Crippen molar-refractivity contribution in [1.29, 1.82) is 0 Å². The Balaban J connectivity index is 2.30. The minimum Gasteiger partial charge on any atom is -0.508 e. The Labute approximate surface area is 119 Å². The third-order valence-corrected chi connectivity index (χ3v) is 2.98. The van der Waals surface area contributed by atoms with Gasteiger partial charge in [-0.25, -0.2) is 4.39 Å². The zero-order valence-electron chi connectivity index (χ0n) is 10.2. The zero-order chi connectivity index (χ0) is 14.7. The number of phenolic OH excluding ortho intramolecular Hbond substituents is 2. The van der Waals surface area contributed by atoms with Crippen LogP contribution in [0.2, 0.25) is 5.02 Å². The summed E-state index contributed by atoms with van der Waals surface area (Å²) in [4.78, 5) is 11.9. The van der Waals surface area contributed by atoms with E-state index in [-0.39, 0.29) is 27.6 Å². The number of ketones is 1. The molecule has 5 heteroatoms. The molecule has 102 valence electrons. The average molecular weight is 293 g/mol. The van der Waals surface area contributed by atoms with Crippen molar-refractivity contribution in [2.75, 3.05) is 0 Å². The molecule has 0 bridgehead atoms. The highest BCUT2D eigenvalue weighted by Crippen LogP contribution is 2.24. The van der Waals surface area contributed by atoms with Gasteiger partial charge in [0.1, 0.15) is 17.3 Å². The predicted molar refractivity (Wildman–Crippen MR) is 74.5 cm³/mol. The van der Waals surface area contributed by atoms with E-state index in [9.17, 15) is 14.3 Å². The van der Waals surface area contributed by atoms with E-state index in [0.29, 0.717) is 0 Å². The quantitative estimate of drug-likeness (QED) is 0.668. The molecule has 0 aliphatic carbocycles. The third kappa shape index (κ3) is 2.97. The van der Waals surface area contributed by atoms with Crippen molar-refractivity contribution in [3.8, 4) is 11.5 Å². The van der Waals surface area contributed by atoms with Gasteiger partial charge in [-0.15, -0.1) is 0 Å². The first kappa shape index (κ1) is 14.1. The first-order chi connectivity index (χ1) is 9.49. The molecule has 0 aliphatic heterocycles. The average Bonchev–Trinajstić information content (AvgIpc) is 2.37. The highest BCUT2D eigenvalue weighted by Gasteiger charge is 2.10. The number of hydrogen-bond acceptors (Lipinski definition) is 3. The van der Waals surface area contributed by atoms with Crippen molar-refractivity contribution in [1.82, 2.24) is 0 Å². The normalized spacial score (nSPS) is 10.9. The number of benzene rings is 2. The van der Waals surface area contributed by atoms with Gasteiger partial charge in [0.15, 0.2) is 5.78 Å². The molecule has 0 aromatic heterocycles. The van der Waals surface area contributed by atoms with E-state index in [1.54, 1.807) is 0 Å². The maximum absolute atomic E-state index is 13.5. The number of allylic oxidation sites excluding steroid dienone is 1. The Morgan fingerprint density at radius 3 is 2.60 bits per heavy atom. The fraction of sp³-hybridized carbons (Fsp3) is 0. The van der Waals surface area contributed by atoms with Crippen LogP contribution in [0.5, 0.6) is 11.5 Å². The van der Waals surface area contributed by atoms with Crippen molar-refractivity contribution in [3.05, 3.63) is 64.4 Å². The maximum atomic E-state index is 13.5. The van der Waals surface area contributed by atoms with E-state index in [4.69, 9.17) is 16.7 Å². The third-order valence-electron chi connectivity index (χ3n) is 2.65. The lowest BCUT2D eigenvalue weighted by Gasteiger charge is -2.02. The number of rotatable bonds is 3. The Hall–Kier alpha value is -2.33. The van der Waals surface area contributed by atoms with Crippen LogP contribution < -0.4 is 0 Å². The molecule has 20 heavy (non-hydrogen) atoms. The van der Waals surface area contributed by atoms with Gasteiger partial charge < -0.3 is 10.2 Å². The molecule has 0 amide bonds. The first-order valence-electron chi connectivity index (χ1n) is 5.67. The minimum atomic E-state index is -0.545. The number of carbonyl (C=O) groups excluding carboxylic acids is 1. The van der Waals surface area contributed by atoms with E-state index in [1.807, 2.05) is 0 Å². The second kappa shape index (κ2) is 5.75. The lowest BCUT2D eigenvalue weighted by Crippen LogP contribution is -1.95. The SMILES string of the molecule is O=C(/C=C/c1c(F)cccc1Cl)c1ccc(O)cc1O. The number of hydrogen-bond donors (Lipinski definition) is 2. The van der Waals surface area contributed by atoms with Gasteiger partial charge in [0.25, 0.3) is 0 Å². The van der Waals surface area contributed by atoms with Crippen molar-refractivity contribution in [3.63, 3.8) is 0 Å². The van der Waals surface area contributed by atoms with Gasteiger partial charge in [-0.3, -0.25) is 4.79 Å². The van der Waals surface area contributed by atoms with Crippen molar-refractivity contribution >= 4 is 23.5 Å². The molecule has 2 N–H and O–H groups in total. The molecule has 2 rings (SSSR count). The summed E-state index contributed by atoms with van der Waals surface area (Å²) in [5.74, 6) is -1.57. The van der Waals surface area contributed by atoms with Gasteiger partial charge in [0.2, 0.25) is 0 Å². The highest BCUT2D eigenvalue weighted by molar-refractivity contribution is 6.32. The van der Waals surface area contributed by atoms with E-state index >= 15 is 0 Å². The van der Waals surface area contributed by atoms with Gasteiger partial charge >= 0.3 is 0 Å². The van der Waals surface area contributed by atoms with Crippen LogP contribution in [0, 0.1) is 5.82 Å². The van der Waals surface area contributed by atoms with Crippen LogP contribution in [-0.4, -0.2) is 16.0 Å². The molecule has 0 saturated carbocycles. The van der Waals surface area contributed by atoms with Crippen LogP contribution in [0.25, 0.3) is 6.08 Å². The van der Waals surface area contributed by atoms with Crippen molar-refractivity contribution < 1.29 is 19.4 Å². The van der Waals surface area contributed by atoms with E-state index < -0.39 is 11.6 Å². The van der Waals surface area contributed by atoms with Gasteiger partial charge in [0, 0.05) is 11.6 Å². The topological polar surface area (TPSA) is 57.5 Å². The molecule has 0 aliphatic rings. The smallest absolute Gasteiger partial charge is 0.189 e. The molecule has 0 spiro atoms. The minimum absolute atomic E-state index is 0.00603. The van der Waals surface area contributed by atoms with Gasteiger partial charge in [-0.05, 0) is 36.4 Å². The molecule has 0 heterocycles. The second-order valence-corrected chi connectivity index (χ2v) is 4.44. The monoisotopic (exact) mass is 292 g/mol. The summed E-state index contributed by atoms with van der Waals surface area (Å²) in [6.45, 7) is 0. The van der Waals surface area contributed by atoms with Crippen LogP contribution in [0.4, 0.5) is 4.39 Å². The summed E-state index contributed by atoms with van der Waals surface area (Å²) in [5, 5.41) is 18.9. The summed E-state index contributed by atoms with van der Waals surface area (Å²) >= 11 is 5.83. The fourth-order valence-electron chi connectivity index (χ4n) is 1.65. The Morgan fingerprint density at radius 2 is 1.95 bits per heavy atom. The molecular formula is C15H10ClFO3. The molecule has 0 unspecified atom stereocenters. The molecule has 0 saturated heterocycles. The number of halogens is 2. The summed E-state index contributed by atoms with van der Waals surface area (Å²) in [7, 11) is 0. The largest absolute Gasteiger partial charge is 0.508 e. The zero-order valence-corrected chi connectivity index (χ0v) is 10.9. The van der Waals surface area contributed by atoms with Crippen molar-refractivity contribution in [2.24, 2.45) is 0 Å². The summed E-state index contributed by atoms with van der Waals surface area (Å²) in [6, 6.07) is 7.80. The number of phenols is 2.